The average Bonchev–Trinajstić information content (AvgIpc) is 2.93. The van der Waals surface area contributed by atoms with Gasteiger partial charge in [0.25, 0.3) is 5.91 Å². The number of pyridine rings is 1. The second-order valence-corrected chi connectivity index (χ2v) is 8.54. The van der Waals surface area contributed by atoms with Crippen LogP contribution in [0.3, 0.4) is 0 Å². The molecule has 176 valence electrons. The Morgan fingerprint density at radius 1 is 0.861 bits per heavy atom. The van der Waals surface area contributed by atoms with Crippen LogP contribution in [0.1, 0.15) is 5.56 Å². The van der Waals surface area contributed by atoms with E-state index in [1.54, 1.807) is 6.21 Å². The first-order valence-electron chi connectivity index (χ1n) is 11.4. The number of ether oxygens (including phenoxy) is 1. The smallest absolute Gasteiger partial charge is 0.277 e. The molecule has 0 aliphatic rings. The molecule has 0 aliphatic heterocycles. The summed E-state index contributed by atoms with van der Waals surface area (Å²) in [6, 6.07) is 35.0. The van der Waals surface area contributed by atoms with Gasteiger partial charge in [-0.15, -0.1) is 0 Å². The van der Waals surface area contributed by atoms with Crippen molar-refractivity contribution >= 4 is 34.6 Å². The summed E-state index contributed by atoms with van der Waals surface area (Å²) in [5, 5.41) is 5.62. The summed E-state index contributed by atoms with van der Waals surface area (Å²) in [5.41, 5.74) is 8.16. The van der Waals surface area contributed by atoms with Gasteiger partial charge < -0.3 is 4.74 Å². The molecule has 4 aromatic carbocycles. The fourth-order valence-corrected chi connectivity index (χ4v) is 4.00. The zero-order valence-electron chi connectivity index (χ0n) is 19.3. The average molecular weight is 492 g/mol. The van der Waals surface area contributed by atoms with E-state index in [9.17, 15) is 4.79 Å². The molecule has 6 heteroatoms. The van der Waals surface area contributed by atoms with E-state index in [1.807, 2.05) is 91.0 Å². The third-order valence-electron chi connectivity index (χ3n) is 5.58. The van der Waals surface area contributed by atoms with E-state index >= 15 is 0 Å². The molecule has 0 unspecified atom stereocenters. The van der Waals surface area contributed by atoms with Crippen molar-refractivity contribution in [2.75, 3.05) is 6.61 Å². The highest BCUT2D eigenvalue weighted by molar-refractivity contribution is 6.31. The lowest BCUT2D eigenvalue weighted by Crippen LogP contribution is -2.24. The van der Waals surface area contributed by atoms with Crippen LogP contribution in [-0.2, 0) is 4.79 Å². The Balaban J connectivity index is 1.30. The minimum Gasteiger partial charge on any atom is -0.484 e. The number of hydrogen-bond acceptors (Lipinski definition) is 4. The third-order valence-corrected chi connectivity index (χ3v) is 5.81. The van der Waals surface area contributed by atoms with Crippen LogP contribution in [0, 0.1) is 0 Å². The third kappa shape index (κ3) is 5.59. The van der Waals surface area contributed by atoms with E-state index in [-0.39, 0.29) is 12.5 Å². The summed E-state index contributed by atoms with van der Waals surface area (Å²) < 4.78 is 5.62. The molecule has 0 saturated heterocycles. The van der Waals surface area contributed by atoms with E-state index in [1.165, 1.54) is 0 Å². The van der Waals surface area contributed by atoms with Crippen LogP contribution in [0.25, 0.3) is 33.3 Å². The Morgan fingerprint density at radius 3 is 2.33 bits per heavy atom. The molecule has 1 heterocycles. The first-order valence-corrected chi connectivity index (χ1v) is 11.8. The number of carbonyl (C=O) groups excluding carboxylic acids is 1. The predicted octanol–water partition coefficient (Wildman–Crippen LogP) is 6.75. The zero-order chi connectivity index (χ0) is 24.7. The fraction of sp³-hybridized carbons (Fsp3) is 0.0333. The number of halogens is 1. The molecule has 1 amide bonds. The molecule has 36 heavy (non-hydrogen) atoms. The molecule has 0 saturated carbocycles. The van der Waals surface area contributed by atoms with Gasteiger partial charge in [-0.3, -0.25) is 4.79 Å². The Morgan fingerprint density at radius 2 is 1.58 bits per heavy atom. The molecule has 1 N–H and O–H groups in total. The molecule has 5 rings (SSSR count). The number of fused-ring (bicyclic) bond motifs is 1. The van der Waals surface area contributed by atoms with Gasteiger partial charge in [-0.2, -0.15) is 5.10 Å². The van der Waals surface area contributed by atoms with E-state index in [0.717, 1.165) is 38.9 Å². The number of aromatic nitrogens is 1. The van der Waals surface area contributed by atoms with Crippen molar-refractivity contribution in [2.24, 2.45) is 5.10 Å². The number of carbonyl (C=O) groups is 1. The summed E-state index contributed by atoms with van der Waals surface area (Å²) >= 11 is 6.28. The van der Waals surface area contributed by atoms with Gasteiger partial charge in [0.2, 0.25) is 0 Å². The lowest BCUT2D eigenvalue weighted by Gasteiger charge is -2.11. The number of benzene rings is 4. The minimum absolute atomic E-state index is 0.140. The van der Waals surface area contributed by atoms with Crippen LogP contribution in [0.15, 0.2) is 114 Å². The number of nitrogens with one attached hydrogen (secondary N) is 1. The summed E-state index contributed by atoms with van der Waals surface area (Å²) in [4.78, 5) is 16.9. The molecule has 1 aromatic heterocycles. The maximum Gasteiger partial charge on any atom is 0.277 e. The normalized spacial score (nSPS) is 11.0. The summed E-state index contributed by atoms with van der Waals surface area (Å²) in [6.07, 6.45) is 1.58. The number of hydrazone groups is 1. The number of nitrogens with zero attached hydrogens (tertiary/aromatic N) is 2. The molecule has 0 spiro atoms. The molecule has 5 nitrogen and oxygen atoms in total. The highest BCUT2D eigenvalue weighted by Crippen LogP contribution is 2.33. The van der Waals surface area contributed by atoms with Crippen molar-refractivity contribution in [1.29, 1.82) is 0 Å². The SMILES string of the molecule is O=C(COc1ccc(-c2cc(-c3ccccc3)c3cc(Cl)ccc3n2)cc1)N/N=C\c1ccccc1. The Labute approximate surface area is 214 Å². The van der Waals surface area contributed by atoms with Gasteiger partial charge in [-0.25, -0.2) is 10.4 Å². The highest BCUT2D eigenvalue weighted by atomic mass is 35.5. The first-order chi connectivity index (χ1) is 17.7. The van der Waals surface area contributed by atoms with Gasteiger partial charge in [0.05, 0.1) is 17.4 Å². The summed E-state index contributed by atoms with van der Waals surface area (Å²) in [5.74, 6) is 0.241. The van der Waals surface area contributed by atoms with Crippen molar-refractivity contribution in [2.45, 2.75) is 0 Å². The van der Waals surface area contributed by atoms with Crippen LogP contribution in [-0.4, -0.2) is 23.7 Å². The van der Waals surface area contributed by atoms with Gasteiger partial charge in [-0.05, 0) is 65.2 Å². The number of amides is 1. The Bertz CT molecular complexity index is 1520. The van der Waals surface area contributed by atoms with E-state index in [0.29, 0.717) is 10.8 Å². The number of rotatable bonds is 7. The summed E-state index contributed by atoms with van der Waals surface area (Å²) in [6.45, 7) is -0.140. The van der Waals surface area contributed by atoms with Crippen molar-refractivity contribution in [3.05, 3.63) is 120 Å². The molecule has 0 atom stereocenters. The second-order valence-electron chi connectivity index (χ2n) is 8.10. The lowest BCUT2D eigenvalue weighted by molar-refractivity contribution is -0.123. The second kappa shape index (κ2) is 10.8. The molecular weight excluding hydrogens is 470 g/mol. The molecule has 0 bridgehead atoms. The summed E-state index contributed by atoms with van der Waals surface area (Å²) in [7, 11) is 0. The van der Waals surface area contributed by atoms with Gasteiger partial charge in [-0.1, -0.05) is 72.3 Å². The van der Waals surface area contributed by atoms with Crippen molar-refractivity contribution < 1.29 is 9.53 Å². The molecule has 0 aliphatic carbocycles. The fourth-order valence-electron chi connectivity index (χ4n) is 3.82. The van der Waals surface area contributed by atoms with E-state index < -0.39 is 0 Å². The molecule has 0 fully saturated rings. The topological polar surface area (TPSA) is 63.6 Å². The predicted molar refractivity (Wildman–Crippen MR) is 145 cm³/mol. The van der Waals surface area contributed by atoms with Gasteiger partial charge >= 0.3 is 0 Å². The standard InChI is InChI=1S/C30H22ClN3O2/c31-24-13-16-28-27(17-24)26(22-9-5-2-6-10-22)18-29(33-28)23-11-14-25(15-12-23)36-20-30(35)34-32-19-21-7-3-1-4-8-21/h1-19H,20H2,(H,34,35)/b32-19-. The van der Waals surface area contributed by atoms with Gasteiger partial charge in [0.15, 0.2) is 6.61 Å². The van der Waals surface area contributed by atoms with Crippen molar-refractivity contribution in [3.63, 3.8) is 0 Å². The molecular formula is C30H22ClN3O2. The van der Waals surface area contributed by atoms with Crippen molar-refractivity contribution in [1.82, 2.24) is 10.4 Å². The van der Waals surface area contributed by atoms with Crippen LogP contribution in [0.4, 0.5) is 0 Å². The maximum atomic E-state index is 12.0. The Hall–Kier alpha value is -4.48. The zero-order valence-corrected chi connectivity index (χ0v) is 20.0. The maximum absolute atomic E-state index is 12.0. The monoisotopic (exact) mass is 491 g/mol. The largest absolute Gasteiger partial charge is 0.484 e. The van der Waals surface area contributed by atoms with Crippen LogP contribution in [0.5, 0.6) is 5.75 Å². The van der Waals surface area contributed by atoms with Crippen LogP contribution >= 0.6 is 11.6 Å². The Kier molecular flexibility index (Phi) is 7.01. The van der Waals surface area contributed by atoms with E-state index in [2.05, 4.69) is 28.7 Å². The van der Waals surface area contributed by atoms with Gasteiger partial charge in [0.1, 0.15) is 5.75 Å². The highest BCUT2D eigenvalue weighted by Gasteiger charge is 2.11. The van der Waals surface area contributed by atoms with Crippen molar-refractivity contribution in [3.8, 4) is 28.1 Å². The number of hydrogen-bond donors (Lipinski definition) is 1. The van der Waals surface area contributed by atoms with Crippen LogP contribution < -0.4 is 10.2 Å². The minimum atomic E-state index is -0.339. The lowest BCUT2D eigenvalue weighted by atomic mass is 9.98. The first kappa shape index (κ1) is 23.3. The molecule has 5 aromatic rings. The van der Waals surface area contributed by atoms with Crippen LogP contribution in [0.2, 0.25) is 5.02 Å². The quantitative estimate of drug-likeness (QED) is 0.202. The van der Waals surface area contributed by atoms with Gasteiger partial charge in [0, 0.05) is 16.0 Å². The van der Waals surface area contributed by atoms with E-state index in [4.69, 9.17) is 21.3 Å². The molecule has 0 radical (unpaired) electrons.